The molecule has 4 rings (SSSR count). The first-order valence-electron chi connectivity index (χ1n) is 11.5. The monoisotopic (exact) mass is 498 g/mol. The molecular formula is C26H30N2O6S. The zero-order chi connectivity index (χ0) is 24.8. The number of carbonyl (C=O) groups excluding carboxylic acids is 1. The minimum Gasteiger partial charge on any atom is -0.493 e. The smallest absolute Gasteiger partial charge is 0.243 e. The van der Waals surface area contributed by atoms with E-state index >= 15 is 0 Å². The maximum atomic E-state index is 13.5. The molecule has 0 aliphatic heterocycles. The van der Waals surface area contributed by atoms with Crippen molar-refractivity contribution in [1.82, 2.24) is 9.21 Å². The first-order valence-corrected chi connectivity index (χ1v) is 12.9. The van der Waals surface area contributed by atoms with Crippen molar-refractivity contribution in [2.24, 2.45) is 0 Å². The summed E-state index contributed by atoms with van der Waals surface area (Å²) in [6, 6.07) is 17.3. The molecule has 3 aromatic rings. The van der Waals surface area contributed by atoms with Crippen LogP contribution in [0.25, 0.3) is 0 Å². The minimum absolute atomic E-state index is 0.152. The first kappa shape index (κ1) is 24.8. The summed E-state index contributed by atoms with van der Waals surface area (Å²) >= 11 is 0. The summed E-state index contributed by atoms with van der Waals surface area (Å²) in [7, 11) is -0.623. The van der Waals surface area contributed by atoms with Gasteiger partial charge in [-0.1, -0.05) is 24.3 Å². The largest absolute Gasteiger partial charge is 0.493 e. The van der Waals surface area contributed by atoms with E-state index in [1.807, 2.05) is 18.2 Å². The highest BCUT2D eigenvalue weighted by Crippen LogP contribution is 2.32. The third-order valence-electron chi connectivity index (χ3n) is 5.99. The molecule has 0 bridgehead atoms. The Labute approximate surface area is 206 Å². The number of nitrogens with zero attached hydrogens (tertiary/aromatic N) is 2. The first-order chi connectivity index (χ1) is 16.9. The lowest BCUT2D eigenvalue weighted by molar-refractivity contribution is -0.132. The van der Waals surface area contributed by atoms with E-state index in [1.54, 1.807) is 67.8 Å². The fraction of sp³-hybridized carbons (Fsp3) is 0.346. The predicted molar refractivity (Wildman–Crippen MR) is 131 cm³/mol. The number of sulfonamides is 1. The van der Waals surface area contributed by atoms with E-state index in [2.05, 4.69) is 0 Å². The molecule has 1 amide bonds. The Bertz CT molecular complexity index is 1220. The zero-order valence-corrected chi connectivity index (χ0v) is 20.7. The molecule has 1 saturated carbocycles. The number of hydrogen-bond donors (Lipinski definition) is 0. The van der Waals surface area contributed by atoms with Crippen LogP contribution in [0.3, 0.4) is 0 Å². The van der Waals surface area contributed by atoms with Gasteiger partial charge in [-0.3, -0.25) is 4.79 Å². The van der Waals surface area contributed by atoms with Crippen LogP contribution in [0.2, 0.25) is 0 Å². The van der Waals surface area contributed by atoms with E-state index < -0.39 is 10.0 Å². The quantitative estimate of drug-likeness (QED) is 0.378. The summed E-state index contributed by atoms with van der Waals surface area (Å²) < 4.78 is 44.1. The molecule has 2 aromatic carbocycles. The van der Waals surface area contributed by atoms with Crippen LogP contribution in [-0.2, 0) is 27.8 Å². The lowest BCUT2D eigenvalue weighted by atomic mass is 10.1. The number of ether oxygens (including phenoxy) is 2. The zero-order valence-electron chi connectivity index (χ0n) is 19.9. The van der Waals surface area contributed by atoms with Crippen molar-refractivity contribution < 1.29 is 27.1 Å². The number of hydrogen-bond acceptors (Lipinski definition) is 6. The van der Waals surface area contributed by atoms with Crippen LogP contribution in [0.5, 0.6) is 11.5 Å². The molecule has 1 fully saturated rings. The highest BCUT2D eigenvalue weighted by Gasteiger charge is 2.40. The van der Waals surface area contributed by atoms with Crippen molar-refractivity contribution in [3.63, 3.8) is 0 Å². The summed E-state index contributed by atoms with van der Waals surface area (Å²) in [6.07, 6.45) is 3.62. The normalized spacial score (nSPS) is 13.6. The van der Waals surface area contributed by atoms with Crippen LogP contribution in [0.1, 0.15) is 24.2 Å². The van der Waals surface area contributed by atoms with Gasteiger partial charge in [-0.2, -0.15) is 4.31 Å². The van der Waals surface area contributed by atoms with Crippen LogP contribution < -0.4 is 9.47 Å². The van der Waals surface area contributed by atoms with E-state index in [1.165, 1.54) is 4.31 Å². The van der Waals surface area contributed by atoms with Crippen molar-refractivity contribution in [2.75, 3.05) is 27.3 Å². The highest BCUT2D eigenvalue weighted by atomic mass is 32.2. The Morgan fingerprint density at radius 3 is 2.37 bits per heavy atom. The van der Waals surface area contributed by atoms with Crippen molar-refractivity contribution in [3.8, 4) is 11.5 Å². The molecule has 1 aliphatic rings. The minimum atomic E-state index is -3.78. The van der Waals surface area contributed by atoms with Crippen LogP contribution in [-0.4, -0.2) is 56.9 Å². The van der Waals surface area contributed by atoms with Gasteiger partial charge < -0.3 is 18.8 Å². The third kappa shape index (κ3) is 6.04. The van der Waals surface area contributed by atoms with E-state index in [0.717, 1.165) is 18.4 Å². The summed E-state index contributed by atoms with van der Waals surface area (Å²) in [5, 5.41) is 0. The second-order valence-electron chi connectivity index (χ2n) is 8.43. The molecule has 0 atom stereocenters. The Balaban J connectivity index is 1.52. The molecule has 9 heteroatoms. The van der Waals surface area contributed by atoms with Gasteiger partial charge in [0.15, 0.2) is 11.5 Å². The lowest BCUT2D eigenvalue weighted by Gasteiger charge is -2.27. The Morgan fingerprint density at radius 2 is 1.74 bits per heavy atom. The number of amides is 1. The summed E-state index contributed by atoms with van der Waals surface area (Å²) in [6.45, 7) is 0.427. The van der Waals surface area contributed by atoms with Crippen molar-refractivity contribution in [3.05, 3.63) is 78.3 Å². The molecule has 0 radical (unpaired) electrons. The van der Waals surface area contributed by atoms with Gasteiger partial charge in [0.25, 0.3) is 0 Å². The van der Waals surface area contributed by atoms with Gasteiger partial charge in [0.2, 0.25) is 15.9 Å². The molecule has 0 spiro atoms. The molecule has 0 N–H and O–H groups in total. The van der Waals surface area contributed by atoms with Crippen LogP contribution in [0.15, 0.2) is 76.2 Å². The van der Waals surface area contributed by atoms with Crippen molar-refractivity contribution >= 4 is 15.9 Å². The van der Waals surface area contributed by atoms with E-state index in [4.69, 9.17) is 13.9 Å². The maximum Gasteiger partial charge on any atom is 0.243 e. The maximum absolute atomic E-state index is 13.5. The molecule has 186 valence electrons. The average Bonchev–Trinajstić information content (AvgIpc) is 3.59. The summed E-state index contributed by atoms with van der Waals surface area (Å²) in [5.41, 5.74) is 0.968. The number of furan rings is 1. The lowest BCUT2D eigenvalue weighted by Crippen LogP contribution is -2.44. The topological polar surface area (TPSA) is 89.3 Å². The number of rotatable bonds is 12. The van der Waals surface area contributed by atoms with Gasteiger partial charge in [-0.15, -0.1) is 0 Å². The molecule has 0 unspecified atom stereocenters. The standard InChI is InChI=1S/C26H30N2O6S/c1-32-24-13-10-20(17-25(24)33-2)14-15-27(18-22-7-6-16-34-22)26(29)19-28(21-11-12-21)35(30,31)23-8-4-3-5-9-23/h3-10,13,16-17,21H,11-12,14-15,18-19H2,1-2H3. The average molecular weight is 499 g/mol. The van der Waals surface area contributed by atoms with E-state index in [0.29, 0.717) is 30.2 Å². The third-order valence-corrected chi connectivity index (χ3v) is 7.91. The van der Waals surface area contributed by atoms with Crippen molar-refractivity contribution in [2.45, 2.75) is 36.7 Å². The van der Waals surface area contributed by atoms with E-state index in [-0.39, 0.29) is 29.9 Å². The predicted octanol–water partition coefficient (Wildman–Crippen LogP) is 3.72. The SMILES string of the molecule is COc1ccc(CCN(Cc2ccco2)C(=O)CN(C2CC2)S(=O)(=O)c2ccccc2)cc1OC. The van der Waals surface area contributed by atoms with Gasteiger partial charge in [0, 0.05) is 12.6 Å². The van der Waals surface area contributed by atoms with Gasteiger partial charge in [-0.05, 0) is 61.2 Å². The van der Waals surface area contributed by atoms with Gasteiger partial charge in [0.1, 0.15) is 5.76 Å². The molecule has 8 nitrogen and oxygen atoms in total. The number of benzene rings is 2. The second-order valence-corrected chi connectivity index (χ2v) is 10.3. The van der Waals surface area contributed by atoms with Crippen LogP contribution in [0.4, 0.5) is 0 Å². The van der Waals surface area contributed by atoms with Crippen LogP contribution >= 0.6 is 0 Å². The summed E-state index contributed by atoms with van der Waals surface area (Å²) in [5.74, 6) is 1.61. The molecule has 1 aromatic heterocycles. The molecule has 0 saturated heterocycles. The van der Waals surface area contributed by atoms with Gasteiger partial charge >= 0.3 is 0 Å². The number of methoxy groups -OCH3 is 2. The van der Waals surface area contributed by atoms with Crippen LogP contribution in [0, 0.1) is 0 Å². The van der Waals surface area contributed by atoms with Crippen molar-refractivity contribution in [1.29, 1.82) is 0 Å². The Kier molecular flexibility index (Phi) is 7.77. The highest BCUT2D eigenvalue weighted by molar-refractivity contribution is 7.89. The second kappa shape index (κ2) is 11.0. The van der Waals surface area contributed by atoms with E-state index in [9.17, 15) is 13.2 Å². The summed E-state index contributed by atoms with van der Waals surface area (Å²) in [4.78, 5) is 15.3. The molecule has 35 heavy (non-hydrogen) atoms. The molecular weight excluding hydrogens is 468 g/mol. The fourth-order valence-electron chi connectivity index (χ4n) is 3.92. The Hall–Kier alpha value is -3.30. The molecule has 1 aliphatic carbocycles. The number of carbonyl (C=O) groups is 1. The fourth-order valence-corrected chi connectivity index (χ4v) is 5.57. The van der Waals surface area contributed by atoms with Gasteiger partial charge in [0.05, 0.1) is 38.5 Å². The van der Waals surface area contributed by atoms with Gasteiger partial charge in [-0.25, -0.2) is 8.42 Å². The molecule has 1 heterocycles. The Morgan fingerprint density at radius 1 is 1.00 bits per heavy atom.